The molecule has 0 saturated carbocycles. The number of likely N-dealkylation sites (tertiary alicyclic amines) is 1. The number of esters is 1. The minimum Gasteiger partial charge on any atom is -0.464 e. The van der Waals surface area contributed by atoms with Crippen LogP contribution in [-0.2, 0) is 36.7 Å². The lowest BCUT2D eigenvalue weighted by atomic mass is 10.0. The van der Waals surface area contributed by atoms with Crippen LogP contribution in [0.2, 0.25) is 0 Å². The summed E-state index contributed by atoms with van der Waals surface area (Å²) < 4.78 is 10.3. The van der Waals surface area contributed by atoms with Gasteiger partial charge in [-0.1, -0.05) is 74.5 Å². The Bertz CT molecular complexity index is 2170. The first-order valence-corrected chi connectivity index (χ1v) is 22.2. The van der Waals surface area contributed by atoms with Gasteiger partial charge in [0.15, 0.2) is 5.69 Å². The summed E-state index contributed by atoms with van der Waals surface area (Å²) in [5.74, 6) is -3.25. The number of alkyl carbamates (subject to hydrolysis) is 1. The lowest BCUT2D eigenvalue weighted by Crippen LogP contribution is -2.59. The van der Waals surface area contributed by atoms with Crippen LogP contribution in [0.3, 0.4) is 0 Å². The second-order valence-corrected chi connectivity index (χ2v) is 18.2. The largest absolute Gasteiger partial charge is 0.464 e. The van der Waals surface area contributed by atoms with Crippen LogP contribution in [0.15, 0.2) is 71.4 Å². The van der Waals surface area contributed by atoms with Crippen molar-refractivity contribution in [1.82, 2.24) is 36.1 Å². The van der Waals surface area contributed by atoms with Gasteiger partial charge in [-0.25, -0.2) is 19.6 Å². The van der Waals surface area contributed by atoms with Crippen LogP contribution >= 0.6 is 22.7 Å². The molecule has 16 nitrogen and oxygen atoms in total. The minimum atomic E-state index is -1.39. The van der Waals surface area contributed by atoms with Gasteiger partial charge in [-0.05, 0) is 64.0 Å². The van der Waals surface area contributed by atoms with Gasteiger partial charge in [0, 0.05) is 23.7 Å². The zero-order chi connectivity index (χ0) is 45.1. The van der Waals surface area contributed by atoms with E-state index in [1.165, 1.54) is 47.0 Å². The Morgan fingerprint density at radius 3 is 2.02 bits per heavy atom. The summed E-state index contributed by atoms with van der Waals surface area (Å²) in [7, 11) is 1.24. The molecule has 5 N–H and O–H groups in total. The average molecular weight is 890 g/mol. The van der Waals surface area contributed by atoms with E-state index in [9.17, 15) is 33.9 Å². The van der Waals surface area contributed by atoms with E-state index >= 15 is 0 Å². The molecule has 0 aliphatic carbocycles. The molecule has 0 bridgehead atoms. The zero-order valence-electron chi connectivity index (χ0n) is 35.9. The monoisotopic (exact) mass is 889 g/mol. The van der Waals surface area contributed by atoms with Gasteiger partial charge in [-0.3, -0.25) is 19.2 Å². The third-order valence-corrected chi connectivity index (χ3v) is 11.8. The fourth-order valence-electron chi connectivity index (χ4n) is 6.88. The number of hydrogen-bond acceptors (Lipinski definition) is 13. The van der Waals surface area contributed by atoms with Gasteiger partial charge < -0.3 is 40.7 Å². The molecule has 18 heteroatoms. The van der Waals surface area contributed by atoms with Crippen molar-refractivity contribution < 1.29 is 43.3 Å². The molecule has 1 fully saturated rings. The van der Waals surface area contributed by atoms with Crippen molar-refractivity contribution in [3.05, 3.63) is 104 Å². The van der Waals surface area contributed by atoms with E-state index in [0.717, 1.165) is 11.1 Å². The first kappa shape index (κ1) is 47.3. The summed E-state index contributed by atoms with van der Waals surface area (Å²) in [4.78, 5) is 91.3. The molecule has 1 aliphatic rings. The Morgan fingerprint density at radius 1 is 0.823 bits per heavy atom. The number of aliphatic hydroxyl groups excluding tert-OH is 1. The number of aliphatic hydroxyl groups is 1. The molecule has 62 heavy (non-hydrogen) atoms. The first-order chi connectivity index (χ1) is 29.4. The average Bonchev–Trinajstić information content (AvgIpc) is 4.03. The lowest BCUT2D eigenvalue weighted by molar-refractivity contribution is -0.141. The van der Waals surface area contributed by atoms with Gasteiger partial charge in [0.25, 0.3) is 5.91 Å². The highest BCUT2D eigenvalue weighted by Crippen LogP contribution is 2.27. The van der Waals surface area contributed by atoms with E-state index in [1.807, 2.05) is 74.5 Å². The molecule has 5 rings (SSSR count). The fourth-order valence-corrected chi connectivity index (χ4v) is 8.74. The smallest absolute Gasteiger partial charge is 0.408 e. The highest BCUT2D eigenvalue weighted by atomic mass is 32.1. The Morgan fingerprint density at radius 2 is 1.42 bits per heavy atom. The van der Waals surface area contributed by atoms with Crippen LogP contribution in [-0.4, -0.2) is 99.2 Å². The van der Waals surface area contributed by atoms with Gasteiger partial charge in [-0.15, -0.1) is 22.7 Å². The van der Waals surface area contributed by atoms with Crippen molar-refractivity contribution in [1.29, 1.82) is 0 Å². The summed E-state index contributed by atoms with van der Waals surface area (Å²) >= 11 is 2.35. The molecule has 6 atom stereocenters. The van der Waals surface area contributed by atoms with Crippen molar-refractivity contribution in [3.63, 3.8) is 0 Å². The highest BCUT2D eigenvalue weighted by Gasteiger charge is 2.40. The summed E-state index contributed by atoms with van der Waals surface area (Å²) in [6.45, 7) is 10.6. The Labute approximate surface area is 369 Å². The number of aromatic nitrogens is 2. The summed E-state index contributed by atoms with van der Waals surface area (Å²) in [6.07, 6.45) is -0.713. The molecule has 0 radical (unpaired) electrons. The second-order valence-electron chi connectivity index (χ2n) is 16.4. The minimum absolute atomic E-state index is 0.0420. The van der Waals surface area contributed by atoms with Crippen LogP contribution in [0.4, 0.5) is 4.79 Å². The third kappa shape index (κ3) is 12.9. The molecule has 1 saturated heterocycles. The van der Waals surface area contributed by atoms with Crippen LogP contribution in [0.5, 0.6) is 0 Å². The molecule has 0 unspecified atom stereocenters. The maximum atomic E-state index is 14.5. The van der Waals surface area contributed by atoms with E-state index in [4.69, 9.17) is 9.47 Å². The van der Waals surface area contributed by atoms with E-state index in [0.29, 0.717) is 22.9 Å². The SMILES string of the molecule is COC(=O)c1csc([C@@H](NC(=O)[C@@H](NC(=O)[C@@H]2CCCN2C(=O)[C@H](Cc2ccccc2)NC(=O)c2csc([C@@H](Cc3ccccc3)NC(=O)OC(C)(C)C)n2)[C@H](C)O)C(C)C)n1. The predicted octanol–water partition coefficient (Wildman–Crippen LogP) is 4.91. The fraction of sp³-hybridized carbons (Fsp3) is 0.455. The van der Waals surface area contributed by atoms with Crippen molar-refractivity contribution in [3.8, 4) is 0 Å². The predicted molar refractivity (Wildman–Crippen MR) is 233 cm³/mol. The molecule has 5 amide bonds. The summed E-state index contributed by atoms with van der Waals surface area (Å²) in [5.41, 5.74) is 1.09. The van der Waals surface area contributed by atoms with Gasteiger partial charge >= 0.3 is 12.1 Å². The quantitative estimate of drug-likeness (QED) is 0.0898. The molecule has 332 valence electrons. The van der Waals surface area contributed by atoms with Crippen molar-refractivity contribution in [2.45, 2.75) is 109 Å². The number of nitrogens with zero attached hydrogens (tertiary/aromatic N) is 3. The number of nitrogens with one attached hydrogen (secondary N) is 4. The van der Waals surface area contributed by atoms with Crippen LogP contribution in [0, 0.1) is 5.92 Å². The van der Waals surface area contributed by atoms with Crippen molar-refractivity contribution in [2.75, 3.05) is 13.7 Å². The number of benzene rings is 2. The Kier molecular flexibility index (Phi) is 16.3. The summed E-state index contributed by atoms with van der Waals surface area (Å²) in [5, 5.41) is 26.0. The number of hydrogen-bond donors (Lipinski definition) is 5. The molecule has 0 spiro atoms. The third-order valence-electron chi connectivity index (χ3n) is 9.96. The Hall–Kier alpha value is -5.72. The van der Waals surface area contributed by atoms with Gasteiger partial charge in [0.05, 0.1) is 25.3 Å². The second kappa shape index (κ2) is 21.4. The van der Waals surface area contributed by atoms with E-state index in [2.05, 4.69) is 31.2 Å². The Balaban J connectivity index is 1.32. The lowest BCUT2D eigenvalue weighted by Gasteiger charge is -2.31. The van der Waals surface area contributed by atoms with Crippen molar-refractivity contribution in [2.24, 2.45) is 5.92 Å². The molecular weight excluding hydrogens is 835 g/mol. The topological polar surface area (TPSA) is 218 Å². The van der Waals surface area contributed by atoms with Gasteiger partial charge in [-0.2, -0.15) is 0 Å². The number of thiazole rings is 2. The molecular formula is C44H55N7O9S2. The normalized spacial score (nSPS) is 16.3. The van der Waals surface area contributed by atoms with E-state index in [1.54, 1.807) is 26.2 Å². The van der Waals surface area contributed by atoms with Gasteiger partial charge in [0.2, 0.25) is 17.7 Å². The van der Waals surface area contributed by atoms with Crippen LogP contribution in [0.1, 0.15) is 109 Å². The number of rotatable bonds is 17. The standard InChI is InChI=1S/C44H55N7O9S2/c1-25(2)34(40-47-32(24-62-40)42(57)59-7)49-38(55)35(26(3)52)50-37(54)33-19-14-20-51(33)41(56)30(22-28-17-12-9-13-18-28)45-36(53)31-23-61-39(46-31)29(21-27-15-10-8-11-16-27)48-43(58)60-44(4,5)6/h8-13,15-18,23-26,29-30,33-35,52H,14,19-22H2,1-7H3,(H,45,53)(H,48,58)(H,49,55)(H,50,54)/t26-,29+,30-,33-,34-,35-/m0/s1. The molecule has 2 aromatic heterocycles. The first-order valence-electron chi connectivity index (χ1n) is 20.4. The van der Waals surface area contributed by atoms with E-state index in [-0.39, 0.29) is 36.7 Å². The number of methoxy groups -OCH3 is 1. The molecule has 1 aliphatic heterocycles. The van der Waals surface area contributed by atoms with E-state index < -0.39 is 77.6 Å². The van der Waals surface area contributed by atoms with Crippen molar-refractivity contribution >= 4 is 58.4 Å². The van der Waals surface area contributed by atoms with Gasteiger partial charge in [0.1, 0.15) is 39.4 Å². The number of ether oxygens (including phenoxy) is 2. The summed E-state index contributed by atoms with van der Waals surface area (Å²) in [6, 6.07) is 13.9. The number of amides is 5. The maximum absolute atomic E-state index is 14.5. The maximum Gasteiger partial charge on any atom is 0.408 e. The molecule has 4 aromatic rings. The molecule has 2 aromatic carbocycles. The number of carbonyl (C=O) groups is 6. The highest BCUT2D eigenvalue weighted by molar-refractivity contribution is 7.10. The van der Waals surface area contributed by atoms with Crippen LogP contribution in [0.25, 0.3) is 0 Å². The zero-order valence-corrected chi connectivity index (χ0v) is 37.5. The van der Waals surface area contributed by atoms with Crippen LogP contribution < -0.4 is 21.3 Å². The number of carbonyl (C=O) groups excluding carboxylic acids is 6. The molecule has 3 heterocycles.